The van der Waals surface area contributed by atoms with E-state index in [-0.39, 0.29) is 0 Å². The van der Waals surface area contributed by atoms with Gasteiger partial charge in [0, 0.05) is 0 Å². The molecule has 0 aromatic rings. The molecule has 0 aliphatic rings. The Labute approximate surface area is 568 Å². The molecule has 0 fully saturated rings. The number of rotatable bonds is 75. The van der Waals surface area contributed by atoms with Crippen molar-refractivity contribution in [1.29, 1.82) is 0 Å². The fourth-order valence-corrected chi connectivity index (χ4v) is 14.4. The van der Waals surface area contributed by atoms with Gasteiger partial charge in [-0.3, -0.25) is 0 Å². The monoisotopic (exact) mass is 1340 g/mol. The topological polar surface area (TPSA) is 212 Å². The van der Waals surface area contributed by atoms with Crippen molar-refractivity contribution in [3.63, 3.8) is 0 Å². The zero-order valence-electron chi connectivity index (χ0n) is 61.2. The Balaban J connectivity index is 0. The first-order valence-electron chi connectivity index (χ1n) is 40.5. The van der Waals surface area contributed by atoms with Crippen LogP contribution in [0.25, 0.3) is 0 Å². The number of hydrogen-bond acceptors (Lipinski definition) is 11. The minimum atomic E-state index is -2.61. The molecule has 0 saturated heterocycles. The predicted octanol–water partition coefficient (Wildman–Crippen LogP) is 23.9. The molecule has 0 aliphatic carbocycles. The zero-order valence-corrected chi connectivity index (χ0v) is 63.0. The maximum Gasteiger partial charge on any atom is 0.334 e. The highest BCUT2D eigenvalue weighted by Crippen LogP contribution is 2.42. The number of aliphatic hydroxyl groups excluding tert-OH is 4. The second kappa shape index (κ2) is 73.1. The van der Waals surface area contributed by atoms with Crippen molar-refractivity contribution < 1.29 is 54.5 Å². The van der Waals surface area contributed by atoms with Crippen LogP contribution >= 0.6 is 17.2 Å². The van der Waals surface area contributed by atoms with Crippen LogP contribution in [0.1, 0.15) is 464 Å². The molecule has 0 heterocycles. The van der Waals surface area contributed by atoms with Crippen LogP contribution in [0.2, 0.25) is 0 Å². The van der Waals surface area contributed by atoms with E-state index in [1.165, 1.54) is 334 Å². The molecular weight excluding hydrogens is 1170 g/mol. The molecule has 91 heavy (non-hydrogen) atoms. The van der Waals surface area contributed by atoms with Crippen LogP contribution in [0.15, 0.2) is 0 Å². The molecule has 0 amide bonds. The molecule has 0 unspecified atom stereocenters. The molecule has 0 spiro atoms. The highest BCUT2D eigenvalue weighted by Gasteiger charge is 2.48. The van der Waals surface area contributed by atoms with Gasteiger partial charge < -0.3 is 50.2 Å². The summed E-state index contributed by atoms with van der Waals surface area (Å²) < 4.78 is 3.60. The van der Waals surface area contributed by atoms with Gasteiger partial charge in [0.05, 0.1) is 11.2 Å². The predicted molar refractivity (Wildman–Crippen MR) is 394 cm³/mol. The largest absolute Gasteiger partial charge is 0.387 e. The van der Waals surface area contributed by atoms with E-state index < -0.39 is 52.8 Å². The Morgan fingerprint density at radius 2 is 0.319 bits per heavy atom. The Hall–Kier alpha value is 0.420. The molecule has 0 aromatic heterocycles. The van der Waals surface area contributed by atoms with Crippen LogP contribution < -0.4 is 0 Å². The maximum absolute atomic E-state index is 12.4. The molecule has 0 radical (unpaired) electrons. The molecule has 0 rings (SSSR count). The molecular formula is C78H162O11P2. The van der Waals surface area contributed by atoms with Gasteiger partial charge in [0.15, 0.2) is 0 Å². The van der Waals surface area contributed by atoms with Crippen molar-refractivity contribution in [3.8, 4) is 0 Å². The van der Waals surface area contributed by atoms with E-state index in [1.807, 2.05) is 0 Å². The van der Waals surface area contributed by atoms with Gasteiger partial charge in [-0.25, -0.2) is 4.31 Å². The van der Waals surface area contributed by atoms with E-state index in [4.69, 9.17) is 19.6 Å². The molecule has 10 N–H and O–H groups in total. The molecule has 0 aliphatic heterocycles. The lowest BCUT2D eigenvalue weighted by molar-refractivity contribution is -0.204. The summed E-state index contributed by atoms with van der Waals surface area (Å²) in [7, 11) is -5.22. The Morgan fingerprint density at radius 1 is 0.209 bits per heavy atom. The minimum absolute atomic E-state index is 0.355. The Kier molecular flexibility index (Phi) is 75.1. The van der Waals surface area contributed by atoms with E-state index in [0.29, 0.717) is 25.7 Å². The summed E-state index contributed by atoms with van der Waals surface area (Å²) in [6.45, 7) is 9.14. The van der Waals surface area contributed by atoms with Gasteiger partial charge in [0.2, 0.25) is 0 Å². The van der Waals surface area contributed by atoms with E-state index in [0.717, 1.165) is 77.0 Å². The van der Waals surface area contributed by atoms with Gasteiger partial charge in [-0.15, -0.1) is 0 Å². The normalized spacial score (nSPS) is 13.6. The number of unbranched alkanes of at least 4 members (excludes halogenated alkanes) is 60. The highest BCUT2D eigenvalue weighted by molar-refractivity contribution is 7.53. The second-order valence-corrected chi connectivity index (χ2v) is 30.5. The van der Waals surface area contributed by atoms with Crippen molar-refractivity contribution >= 4 is 17.2 Å². The first-order valence-corrected chi connectivity index (χ1v) is 42.8. The summed E-state index contributed by atoms with van der Waals surface area (Å²) in [5.74, 6) is 0. The van der Waals surface area contributed by atoms with Crippen molar-refractivity contribution in [3.05, 3.63) is 0 Å². The average Bonchev–Trinajstić information content (AvgIpc) is 1.42. The van der Waals surface area contributed by atoms with Gasteiger partial charge in [-0.05, 0) is 25.7 Å². The van der Waals surface area contributed by atoms with E-state index in [1.54, 1.807) is 0 Å². The molecule has 0 bridgehead atoms. The third-order valence-electron chi connectivity index (χ3n) is 20.1. The fourth-order valence-electron chi connectivity index (χ4n) is 13.8. The van der Waals surface area contributed by atoms with Crippen molar-refractivity contribution in [2.75, 3.05) is 0 Å². The Morgan fingerprint density at radius 3 is 0.418 bits per heavy atom. The third kappa shape index (κ3) is 64.8. The third-order valence-corrected chi connectivity index (χ3v) is 21.3. The average molecular weight is 1340 g/mol. The van der Waals surface area contributed by atoms with Crippen LogP contribution in [0, 0.1) is 0 Å². The number of aliphatic hydroxyl groups is 6. The summed E-state index contributed by atoms with van der Waals surface area (Å²) in [4.78, 5) is 31.3. The quantitative estimate of drug-likeness (QED) is 0.0204. The van der Waals surface area contributed by atoms with Crippen molar-refractivity contribution in [2.45, 2.75) is 500 Å². The molecule has 0 aromatic carbocycles. The van der Waals surface area contributed by atoms with Crippen LogP contribution in [0.5, 0.6) is 0 Å². The van der Waals surface area contributed by atoms with E-state index in [9.17, 15) is 30.6 Å². The van der Waals surface area contributed by atoms with E-state index >= 15 is 0 Å². The smallest absolute Gasteiger partial charge is 0.334 e. The van der Waals surface area contributed by atoms with E-state index in [2.05, 4.69) is 32.0 Å². The summed E-state index contributed by atoms with van der Waals surface area (Å²) in [5, 5.41) is 72.3. The molecule has 11 nitrogen and oxygen atoms in total. The molecule has 4 atom stereocenters. The SMILES string of the molecule is CCCCCCCCCCCCCCCCCCC(O)(CCCCCCCCCCCCCCCCCC)[C@H](O)[C@@H](O)[C@H](O)[C@H](O)C(O)(CCCCCCCCCCCCCCCCCC)CCCCCCCCCCCCCCCCCC.OP(O)OP(O)O. The van der Waals surface area contributed by atoms with Crippen LogP contribution in [0.4, 0.5) is 0 Å². The maximum atomic E-state index is 12.4. The van der Waals surface area contributed by atoms with Crippen molar-refractivity contribution in [1.82, 2.24) is 0 Å². The second-order valence-electron chi connectivity index (χ2n) is 28.9. The van der Waals surface area contributed by atoms with Crippen LogP contribution in [-0.2, 0) is 4.31 Å². The molecule has 550 valence electrons. The lowest BCUT2D eigenvalue weighted by Gasteiger charge is -2.42. The zero-order chi connectivity index (χ0) is 67.3. The van der Waals surface area contributed by atoms with Crippen LogP contribution in [-0.4, -0.2) is 85.8 Å². The summed E-state index contributed by atoms with van der Waals surface area (Å²) >= 11 is 0. The van der Waals surface area contributed by atoms with Gasteiger partial charge in [-0.2, -0.15) is 0 Å². The van der Waals surface area contributed by atoms with Crippen molar-refractivity contribution in [2.24, 2.45) is 0 Å². The van der Waals surface area contributed by atoms with Gasteiger partial charge >= 0.3 is 17.2 Å². The fraction of sp³-hybridized carbons (Fsp3) is 1.00. The lowest BCUT2D eigenvalue weighted by Crippen LogP contribution is -2.60. The lowest BCUT2D eigenvalue weighted by atomic mass is 9.77. The standard InChI is InChI=1S/C78H158O6.H4O5P2/c1-5-9-13-17-21-25-29-33-37-41-45-49-53-57-61-65-69-77(83,70-66-62-58-54-50-46-42-38-34-30-26-22-18-14-10-6-2)75(81)73(79)74(80)76(82)78(84,71-67-63-59-55-51-47-43-39-35-31-27-23-19-15-11-7-3)72-68-64-60-56-52-48-44-40-36-32-28-24-20-16-12-8-4;1-6(2)5-7(3)4/h73-76,79-84H,5-72H2,1-4H3;1-4H/t73-,74-,75-,76+;/m0./s1. The highest BCUT2D eigenvalue weighted by atomic mass is 31.2. The summed E-state index contributed by atoms with van der Waals surface area (Å²) in [5.41, 5.74) is -3.15. The van der Waals surface area contributed by atoms with Crippen LogP contribution in [0.3, 0.4) is 0 Å². The summed E-state index contributed by atoms with van der Waals surface area (Å²) in [6, 6.07) is 0. The summed E-state index contributed by atoms with van der Waals surface area (Å²) in [6.07, 6.45) is 75.5. The first kappa shape index (κ1) is 93.5. The van der Waals surface area contributed by atoms with Gasteiger partial charge in [-0.1, -0.05) is 439 Å². The number of hydrogen-bond donors (Lipinski definition) is 10. The molecule has 13 heteroatoms. The Bertz CT molecular complexity index is 1200. The minimum Gasteiger partial charge on any atom is -0.387 e. The molecule has 0 saturated carbocycles. The van der Waals surface area contributed by atoms with Gasteiger partial charge in [0.1, 0.15) is 24.4 Å². The first-order chi connectivity index (χ1) is 44.3. The van der Waals surface area contributed by atoms with Gasteiger partial charge in [0.25, 0.3) is 0 Å².